The fourth-order valence-corrected chi connectivity index (χ4v) is 4.00. The van der Waals surface area contributed by atoms with Crippen LogP contribution >= 0.6 is 0 Å². The zero-order chi connectivity index (χ0) is 15.3. The molecule has 1 aliphatic rings. The van der Waals surface area contributed by atoms with Gasteiger partial charge in [-0.05, 0) is 43.5 Å². The number of aliphatic hydroxyl groups excluding tert-OH is 1. The number of rotatable bonds is 5. The Morgan fingerprint density at radius 1 is 1.14 bits per heavy atom. The Hall–Kier alpha value is -0.950. The van der Waals surface area contributed by atoms with Crippen LogP contribution in [0.2, 0.25) is 0 Å². The van der Waals surface area contributed by atoms with E-state index in [0.29, 0.717) is 19.4 Å². The quantitative estimate of drug-likeness (QED) is 0.711. The molecule has 5 nitrogen and oxygen atoms in total. The van der Waals surface area contributed by atoms with Crippen molar-refractivity contribution >= 4 is 10.0 Å². The maximum Gasteiger partial charge on any atom is 0.240 e. The average molecular weight is 312 g/mol. The van der Waals surface area contributed by atoms with E-state index in [2.05, 4.69) is 4.72 Å². The van der Waals surface area contributed by atoms with Crippen molar-refractivity contribution in [1.82, 2.24) is 4.72 Å². The van der Waals surface area contributed by atoms with Crippen LogP contribution in [-0.4, -0.2) is 32.2 Å². The highest BCUT2D eigenvalue weighted by molar-refractivity contribution is 7.89. The largest absolute Gasteiger partial charge is 0.391 e. The molecule has 2 atom stereocenters. The van der Waals surface area contributed by atoms with Crippen molar-refractivity contribution < 1.29 is 13.5 Å². The SMILES string of the molecule is NCCc1ccc(S(=O)(=O)NC2CCCCCC2O)cc1. The highest BCUT2D eigenvalue weighted by atomic mass is 32.2. The van der Waals surface area contributed by atoms with E-state index in [4.69, 9.17) is 5.73 Å². The summed E-state index contributed by atoms with van der Waals surface area (Å²) in [5.74, 6) is 0. The fraction of sp³-hybridized carbons (Fsp3) is 0.600. The second kappa shape index (κ2) is 7.35. The number of nitrogens with one attached hydrogen (secondary N) is 1. The van der Waals surface area contributed by atoms with Crippen LogP contribution in [0.25, 0.3) is 0 Å². The molecule has 118 valence electrons. The van der Waals surface area contributed by atoms with Crippen LogP contribution in [0.15, 0.2) is 29.2 Å². The Balaban J connectivity index is 2.09. The van der Waals surface area contributed by atoms with E-state index in [0.717, 1.165) is 31.2 Å². The van der Waals surface area contributed by atoms with Gasteiger partial charge < -0.3 is 10.8 Å². The molecule has 2 unspecified atom stereocenters. The summed E-state index contributed by atoms with van der Waals surface area (Å²) in [4.78, 5) is 0.236. The number of hydrogen-bond acceptors (Lipinski definition) is 4. The second-order valence-corrected chi connectivity index (χ2v) is 7.33. The molecule has 0 saturated heterocycles. The molecule has 1 fully saturated rings. The van der Waals surface area contributed by atoms with Crippen molar-refractivity contribution in [3.05, 3.63) is 29.8 Å². The van der Waals surface area contributed by atoms with Gasteiger partial charge in [0.2, 0.25) is 10.0 Å². The van der Waals surface area contributed by atoms with Crippen molar-refractivity contribution in [3.8, 4) is 0 Å². The molecule has 2 rings (SSSR count). The summed E-state index contributed by atoms with van der Waals surface area (Å²) < 4.78 is 27.4. The maximum atomic E-state index is 12.4. The third kappa shape index (κ3) is 4.51. The fourth-order valence-electron chi connectivity index (χ4n) is 2.69. The molecule has 21 heavy (non-hydrogen) atoms. The van der Waals surface area contributed by atoms with Crippen LogP contribution in [0, 0.1) is 0 Å². The zero-order valence-corrected chi connectivity index (χ0v) is 13.0. The topological polar surface area (TPSA) is 92.4 Å². The molecule has 1 aromatic carbocycles. The lowest BCUT2D eigenvalue weighted by Crippen LogP contribution is -2.42. The number of aliphatic hydroxyl groups is 1. The molecule has 0 spiro atoms. The van der Waals surface area contributed by atoms with Gasteiger partial charge in [0.1, 0.15) is 0 Å². The molecule has 0 aliphatic heterocycles. The van der Waals surface area contributed by atoms with Crippen LogP contribution in [0.1, 0.15) is 37.7 Å². The van der Waals surface area contributed by atoms with Gasteiger partial charge in [0.05, 0.1) is 11.0 Å². The molecule has 0 aromatic heterocycles. The minimum atomic E-state index is -3.58. The average Bonchev–Trinajstić information content (AvgIpc) is 2.65. The van der Waals surface area contributed by atoms with E-state index < -0.39 is 16.1 Å². The first kappa shape index (κ1) is 16.4. The summed E-state index contributed by atoms with van der Waals surface area (Å²) in [5.41, 5.74) is 6.50. The molecule has 0 amide bonds. The second-order valence-electron chi connectivity index (χ2n) is 5.62. The third-order valence-corrected chi connectivity index (χ3v) is 5.46. The predicted octanol–water partition coefficient (Wildman–Crippen LogP) is 1.16. The molecule has 4 N–H and O–H groups in total. The van der Waals surface area contributed by atoms with Crippen molar-refractivity contribution in [2.24, 2.45) is 5.73 Å². The summed E-state index contributed by atoms with van der Waals surface area (Å²) >= 11 is 0. The molecule has 6 heteroatoms. The normalized spacial score (nSPS) is 23.7. The van der Waals surface area contributed by atoms with Gasteiger partial charge in [-0.3, -0.25) is 0 Å². The van der Waals surface area contributed by atoms with Crippen LogP contribution < -0.4 is 10.5 Å². The monoisotopic (exact) mass is 312 g/mol. The summed E-state index contributed by atoms with van der Waals surface area (Å²) in [6.45, 7) is 0.540. The van der Waals surface area contributed by atoms with Crippen molar-refractivity contribution in [2.45, 2.75) is 55.6 Å². The van der Waals surface area contributed by atoms with Crippen LogP contribution in [0.5, 0.6) is 0 Å². The lowest BCUT2D eigenvalue weighted by molar-refractivity contribution is 0.130. The maximum absolute atomic E-state index is 12.4. The van der Waals surface area contributed by atoms with Gasteiger partial charge in [0.25, 0.3) is 0 Å². The van der Waals surface area contributed by atoms with Gasteiger partial charge in [0, 0.05) is 6.04 Å². The van der Waals surface area contributed by atoms with Crippen LogP contribution in [-0.2, 0) is 16.4 Å². The highest BCUT2D eigenvalue weighted by Gasteiger charge is 2.26. The zero-order valence-electron chi connectivity index (χ0n) is 12.2. The van der Waals surface area contributed by atoms with Gasteiger partial charge in [-0.25, -0.2) is 13.1 Å². The number of hydrogen-bond donors (Lipinski definition) is 3. The Bertz CT molecular complexity index is 543. The molecule has 0 heterocycles. The number of sulfonamides is 1. The minimum absolute atomic E-state index is 0.236. The van der Waals surface area contributed by atoms with Crippen molar-refractivity contribution in [3.63, 3.8) is 0 Å². The highest BCUT2D eigenvalue weighted by Crippen LogP contribution is 2.20. The smallest absolute Gasteiger partial charge is 0.240 e. The van der Waals surface area contributed by atoms with Crippen LogP contribution in [0.4, 0.5) is 0 Å². The molecule has 1 aliphatic carbocycles. The Labute approximate surface area is 126 Å². The lowest BCUT2D eigenvalue weighted by Gasteiger charge is -2.21. The van der Waals surface area contributed by atoms with Crippen molar-refractivity contribution in [2.75, 3.05) is 6.54 Å². The standard InChI is InChI=1S/C15H24N2O3S/c16-11-10-12-6-8-13(9-7-12)21(19,20)17-14-4-2-1-3-5-15(14)18/h6-9,14-15,17-18H,1-5,10-11,16H2. The molecular formula is C15H24N2O3S. The first-order valence-electron chi connectivity index (χ1n) is 7.52. The molecule has 1 saturated carbocycles. The van der Waals surface area contributed by atoms with E-state index in [9.17, 15) is 13.5 Å². The van der Waals surface area contributed by atoms with E-state index >= 15 is 0 Å². The summed E-state index contributed by atoms with van der Waals surface area (Å²) in [7, 11) is -3.58. The predicted molar refractivity (Wildman–Crippen MR) is 82.4 cm³/mol. The first-order valence-corrected chi connectivity index (χ1v) is 9.00. The van der Waals surface area contributed by atoms with Gasteiger partial charge >= 0.3 is 0 Å². The Kier molecular flexibility index (Phi) is 5.75. The summed E-state index contributed by atoms with van der Waals surface area (Å²) in [6, 6.07) is 6.36. The summed E-state index contributed by atoms with van der Waals surface area (Å²) in [6.07, 6.45) is 4.41. The first-order chi connectivity index (χ1) is 10.0. The lowest BCUT2D eigenvalue weighted by atomic mass is 10.1. The molecule has 0 bridgehead atoms. The summed E-state index contributed by atoms with van der Waals surface area (Å²) in [5, 5.41) is 10.0. The molecule has 1 aromatic rings. The van der Waals surface area contributed by atoms with E-state index in [-0.39, 0.29) is 10.9 Å². The third-order valence-electron chi connectivity index (χ3n) is 3.95. The van der Waals surface area contributed by atoms with E-state index in [1.807, 2.05) is 0 Å². The minimum Gasteiger partial charge on any atom is -0.391 e. The van der Waals surface area contributed by atoms with Gasteiger partial charge in [-0.15, -0.1) is 0 Å². The van der Waals surface area contributed by atoms with E-state index in [1.165, 1.54) is 0 Å². The van der Waals surface area contributed by atoms with Gasteiger partial charge in [0.15, 0.2) is 0 Å². The Morgan fingerprint density at radius 3 is 2.48 bits per heavy atom. The van der Waals surface area contributed by atoms with Crippen LogP contribution in [0.3, 0.4) is 0 Å². The number of nitrogens with two attached hydrogens (primary N) is 1. The van der Waals surface area contributed by atoms with Crippen molar-refractivity contribution in [1.29, 1.82) is 0 Å². The Morgan fingerprint density at radius 2 is 1.81 bits per heavy atom. The van der Waals surface area contributed by atoms with E-state index in [1.54, 1.807) is 24.3 Å². The molecule has 0 radical (unpaired) electrons. The number of benzene rings is 1. The van der Waals surface area contributed by atoms with Gasteiger partial charge in [-0.1, -0.05) is 31.4 Å². The molecular weight excluding hydrogens is 288 g/mol. The van der Waals surface area contributed by atoms with Gasteiger partial charge in [-0.2, -0.15) is 0 Å².